The van der Waals surface area contributed by atoms with Crippen LogP contribution in [-0.4, -0.2) is 62.1 Å². The number of carbonyl (C=O) groups is 1. The Bertz CT molecular complexity index is 1260. The highest BCUT2D eigenvalue weighted by molar-refractivity contribution is 6.35. The van der Waals surface area contributed by atoms with Gasteiger partial charge in [-0.1, -0.05) is 80.4 Å². The third-order valence-electron chi connectivity index (χ3n) is 6.99. The van der Waals surface area contributed by atoms with Crippen LogP contribution < -0.4 is 0 Å². The quantitative estimate of drug-likeness (QED) is 0.385. The highest BCUT2D eigenvalue weighted by Gasteiger charge is 2.39. The number of rotatable bonds is 6. The molecular formula is C28H34Cl2N6O. The first-order valence-corrected chi connectivity index (χ1v) is 13.2. The molecule has 1 unspecified atom stereocenters. The molecule has 196 valence electrons. The van der Waals surface area contributed by atoms with Gasteiger partial charge in [0.1, 0.15) is 0 Å². The van der Waals surface area contributed by atoms with Gasteiger partial charge in [0.2, 0.25) is 0 Å². The van der Waals surface area contributed by atoms with Crippen LogP contribution in [0.4, 0.5) is 0 Å². The van der Waals surface area contributed by atoms with Crippen molar-refractivity contribution in [1.82, 2.24) is 30.0 Å². The molecule has 9 heteroatoms. The monoisotopic (exact) mass is 540 g/mol. The summed E-state index contributed by atoms with van der Waals surface area (Å²) in [5.74, 6) is 0.851. The average Bonchev–Trinajstić information content (AvgIpc) is 3.35. The molecule has 1 amide bonds. The number of amides is 1. The fourth-order valence-corrected chi connectivity index (χ4v) is 5.20. The highest BCUT2D eigenvalue weighted by Crippen LogP contribution is 2.36. The van der Waals surface area contributed by atoms with E-state index >= 15 is 0 Å². The van der Waals surface area contributed by atoms with Gasteiger partial charge >= 0.3 is 0 Å². The Balaban J connectivity index is 1.55. The largest absolute Gasteiger partial charge is 0.336 e. The third-order valence-corrected chi connectivity index (χ3v) is 7.55. The lowest BCUT2D eigenvalue weighted by molar-refractivity contribution is 0.0334. The lowest BCUT2D eigenvalue weighted by atomic mass is 9.85. The number of allylic oxidation sites excluding steroid dienone is 1. The Kier molecular flexibility index (Phi) is 8.07. The summed E-state index contributed by atoms with van der Waals surface area (Å²) in [5, 5.41) is 14.2. The Morgan fingerprint density at radius 2 is 1.65 bits per heavy atom. The maximum atomic E-state index is 12.9. The van der Waals surface area contributed by atoms with Crippen molar-refractivity contribution in [3.63, 3.8) is 0 Å². The fourth-order valence-electron chi connectivity index (χ4n) is 4.73. The van der Waals surface area contributed by atoms with Crippen LogP contribution in [0.15, 0.2) is 54.6 Å². The van der Waals surface area contributed by atoms with E-state index in [1.54, 1.807) is 6.07 Å². The molecule has 0 saturated carbocycles. The molecule has 0 N–H and O–H groups in total. The predicted molar refractivity (Wildman–Crippen MR) is 149 cm³/mol. The van der Waals surface area contributed by atoms with E-state index in [9.17, 15) is 4.79 Å². The second kappa shape index (κ2) is 10.9. The first-order chi connectivity index (χ1) is 17.5. The summed E-state index contributed by atoms with van der Waals surface area (Å²) in [4.78, 5) is 17.2. The second-order valence-corrected chi connectivity index (χ2v) is 11.8. The molecule has 1 saturated heterocycles. The number of hydrogen-bond acceptors (Lipinski definition) is 5. The minimum absolute atomic E-state index is 0.0710. The molecule has 1 atom stereocenters. The number of piperazine rings is 1. The second-order valence-electron chi connectivity index (χ2n) is 11.0. The number of hydrogen-bond donors (Lipinski definition) is 0. The fraction of sp³-hybridized carbons (Fsp3) is 0.429. The number of nitrogens with zero attached hydrogens (tertiary/aromatic N) is 6. The Morgan fingerprint density at radius 1 is 0.973 bits per heavy atom. The lowest BCUT2D eigenvalue weighted by Gasteiger charge is -2.43. The van der Waals surface area contributed by atoms with Gasteiger partial charge in [-0.3, -0.25) is 9.69 Å². The molecule has 0 aliphatic carbocycles. The van der Waals surface area contributed by atoms with Gasteiger partial charge in [-0.25, -0.2) is 4.68 Å². The van der Waals surface area contributed by atoms with E-state index < -0.39 is 5.54 Å². The van der Waals surface area contributed by atoms with Crippen LogP contribution in [0.1, 0.15) is 62.4 Å². The molecule has 0 radical (unpaired) electrons. The van der Waals surface area contributed by atoms with Crippen molar-refractivity contribution in [2.45, 2.75) is 46.2 Å². The Morgan fingerprint density at radius 3 is 2.27 bits per heavy atom. The van der Waals surface area contributed by atoms with Crippen molar-refractivity contribution in [2.75, 3.05) is 26.2 Å². The van der Waals surface area contributed by atoms with Crippen LogP contribution in [0, 0.1) is 5.41 Å². The van der Waals surface area contributed by atoms with Gasteiger partial charge < -0.3 is 4.90 Å². The van der Waals surface area contributed by atoms with E-state index in [0.29, 0.717) is 23.1 Å². The van der Waals surface area contributed by atoms with Crippen molar-refractivity contribution < 1.29 is 4.79 Å². The SMILES string of the molecule is CC(C)(C)C(/C=C\c1ccc(Cl)cc1Cl)n1nnnc1C(C)(C)N1CCN(C(=O)c2ccccc2)CC1. The number of carbonyl (C=O) groups excluding carboxylic acids is 1. The first kappa shape index (κ1) is 27.3. The number of benzene rings is 2. The van der Waals surface area contributed by atoms with E-state index in [1.165, 1.54) is 0 Å². The van der Waals surface area contributed by atoms with Gasteiger partial charge in [0.05, 0.1) is 11.6 Å². The van der Waals surface area contributed by atoms with Crippen molar-refractivity contribution in [3.05, 3.63) is 81.6 Å². The van der Waals surface area contributed by atoms with Gasteiger partial charge in [-0.05, 0) is 59.5 Å². The van der Waals surface area contributed by atoms with Gasteiger partial charge in [-0.15, -0.1) is 5.10 Å². The average molecular weight is 542 g/mol. The van der Waals surface area contributed by atoms with Crippen molar-refractivity contribution >= 4 is 35.2 Å². The third kappa shape index (κ3) is 6.06. The minimum atomic E-state index is -0.444. The van der Waals surface area contributed by atoms with E-state index in [2.05, 4.69) is 61.1 Å². The van der Waals surface area contributed by atoms with Crippen LogP contribution in [0.25, 0.3) is 6.08 Å². The van der Waals surface area contributed by atoms with Crippen molar-refractivity contribution in [3.8, 4) is 0 Å². The van der Waals surface area contributed by atoms with Crippen LogP contribution in [0.3, 0.4) is 0 Å². The van der Waals surface area contributed by atoms with E-state index in [-0.39, 0.29) is 17.4 Å². The summed E-state index contributed by atoms with van der Waals surface area (Å²) in [5.41, 5.74) is 0.991. The van der Waals surface area contributed by atoms with Gasteiger partial charge in [0, 0.05) is 41.8 Å². The predicted octanol–water partition coefficient (Wildman–Crippen LogP) is 5.97. The lowest BCUT2D eigenvalue weighted by Crippen LogP contribution is -2.55. The summed E-state index contributed by atoms with van der Waals surface area (Å²) in [6.45, 7) is 13.5. The maximum absolute atomic E-state index is 12.9. The maximum Gasteiger partial charge on any atom is 0.253 e. The van der Waals surface area contributed by atoms with Crippen LogP contribution in [-0.2, 0) is 5.54 Å². The van der Waals surface area contributed by atoms with E-state index in [4.69, 9.17) is 23.2 Å². The number of aromatic nitrogens is 4. The van der Waals surface area contributed by atoms with Crippen LogP contribution >= 0.6 is 23.2 Å². The zero-order valence-electron chi connectivity index (χ0n) is 22.0. The van der Waals surface area contributed by atoms with Crippen LogP contribution in [0.5, 0.6) is 0 Å². The molecule has 0 spiro atoms. The van der Waals surface area contributed by atoms with Gasteiger partial charge in [0.15, 0.2) is 5.82 Å². The molecule has 37 heavy (non-hydrogen) atoms. The Hall–Kier alpha value is -2.74. The molecule has 3 aromatic rings. The minimum Gasteiger partial charge on any atom is -0.336 e. The summed E-state index contributed by atoms with van der Waals surface area (Å²) >= 11 is 12.5. The normalized spacial score (nSPS) is 16.4. The molecule has 1 aromatic heterocycles. The van der Waals surface area contributed by atoms with Crippen LogP contribution in [0.2, 0.25) is 10.0 Å². The van der Waals surface area contributed by atoms with Gasteiger partial charge in [-0.2, -0.15) is 0 Å². The van der Waals surface area contributed by atoms with Crippen molar-refractivity contribution in [1.29, 1.82) is 0 Å². The highest BCUT2D eigenvalue weighted by atomic mass is 35.5. The van der Waals surface area contributed by atoms with E-state index in [0.717, 1.165) is 30.0 Å². The summed E-state index contributed by atoms with van der Waals surface area (Å²) in [7, 11) is 0. The molecular weight excluding hydrogens is 507 g/mol. The molecule has 1 aliphatic rings. The molecule has 7 nitrogen and oxygen atoms in total. The Labute approximate surface area is 229 Å². The van der Waals surface area contributed by atoms with Crippen molar-refractivity contribution in [2.24, 2.45) is 5.41 Å². The topological polar surface area (TPSA) is 67.2 Å². The molecule has 4 rings (SSSR count). The molecule has 2 aromatic carbocycles. The summed E-state index contributed by atoms with van der Waals surface area (Å²) < 4.78 is 1.92. The number of tetrazole rings is 1. The first-order valence-electron chi connectivity index (χ1n) is 12.5. The smallest absolute Gasteiger partial charge is 0.253 e. The summed E-state index contributed by atoms with van der Waals surface area (Å²) in [6.07, 6.45) is 4.10. The van der Waals surface area contributed by atoms with E-state index in [1.807, 2.05) is 58.1 Å². The molecule has 1 aliphatic heterocycles. The molecule has 1 fully saturated rings. The summed E-state index contributed by atoms with van der Waals surface area (Å²) in [6, 6.07) is 14.8. The van der Waals surface area contributed by atoms with Gasteiger partial charge in [0.25, 0.3) is 5.91 Å². The number of halogens is 2. The standard InChI is InChI=1S/C28H34Cl2N6O/c1-27(2,3)24(14-12-20-11-13-22(29)19-23(20)30)36-26(31-32-33-36)28(4,5)35-17-15-34(16-18-35)25(37)21-9-7-6-8-10-21/h6-14,19,24H,15-18H2,1-5H3/b14-12-. The molecule has 2 heterocycles. The zero-order chi connectivity index (χ0) is 26.8. The zero-order valence-corrected chi connectivity index (χ0v) is 23.5. The molecule has 0 bridgehead atoms.